The Balaban J connectivity index is 1.94. The summed E-state index contributed by atoms with van der Waals surface area (Å²) < 4.78 is 30.5. The average Bonchev–Trinajstić information content (AvgIpc) is 2.73. The van der Waals surface area contributed by atoms with Crippen molar-refractivity contribution >= 4 is 0 Å². The molecule has 1 unspecified atom stereocenters. The molecule has 1 aromatic rings. The largest absolute Gasteiger partial charge is 0.493 e. The first-order valence-electron chi connectivity index (χ1n) is 5.07. The lowest BCUT2D eigenvalue weighted by molar-refractivity contribution is 0.0855. The highest BCUT2D eigenvalue weighted by molar-refractivity contribution is 5.35. The van der Waals surface area contributed by atoms with E-state index in [1.165, 1.54) is 0 Å². The normalized spacial score (nSPS) is 22.5. The van der Waals surface area contributed by atoms with Crippen LogP contribution in [0.15, 0.2) is 18.2 Å². The van der Waals surface area contributed by atoms with Gasteiger partial charge in [-0.25, -0.2) is 8.78 Å². The second-order valence-corrected chi connectivity index (χ2v) is 4.24. The molecule has 1 aromatic carbocycles. The van der Waals surface area contributed by atoms with E-state index in [4.69, 9.17) is 4.74 Å². The average molecular weight is 212 g/mol. The van der Waals surface area contributed by atoms with Gasteiger partial charge in [-0.2, -0.15) is 0 Å². The van der Waals surface area contributed by atoms with E-state index < -0.39 is 11.8 Å². The van der Waals surface area contributed by atoms with E-state index in [0.29, 0.717) is 5.75 Å². The molecule has 0 bridgehead atoms. The molecule has 1 aliphatic carbocycles. The number of hydrogen-bond donors (Lipinski definition) is 0. The number of halogens is 2. The van der Waals surface area contributed by atoms with Crippen LogP contribution >= 0.6 is 0 Å². The van der Waals surface area contributed by atoms with Crippen LogP contribution in [0, 0.1) is 19.8 Å². The lowest BCUT2D eigenvalue weighted by Gasteiger charge is -2.09. The summed E-state index contributed by atoms with van der Waals surface area (Å²) in [5, 5.41) is 0. The van der Waals surface area contributed by atoms with E-state index in [0.717, 1.165) is 11.1 Å². The van der Waals surface area contributed by atoms with Crippen LogP contribution in [0.3, 0.4) is 0 Å². The van der Waals surface area contributed by atoms with Gasteiger partial charge in [0.05, 0.1) is 12.5 Å². The molecule has 0 N–H and O–H groups in total. The predicted octanol–water partition coefficient (Wildman–Crippen LogP) is 3.34. The van der Waals surface area contributed by atoms with Crippen LogP contribution in [0.25, 0.3) is 0 Å². The summed E-state index contributed by atoms with van der Waals surface area (Å²) in [6, 6.07) is 5.75. The van der Waals surface area contributed by atoms with Crippen molar-refractivity contribution in [2.45, 2.75) is 26.2 Å². The predicted molar refractivity (Wildman–Crippen MR) is 54.5 cm³/mol. The minimum Gasteiger partial charge on any atom is -0.493 e. The van der Waals surface area contributed by atoms with Crippen molar-refractivity contribution in [1.29, 1.82) is 0 Å². The van der Waals surface area contributed by atoms with E-state index in [-0.39, 0.29) is 13.0 Å². The monoisotopic (exact) mass is 212 g/mol. The summed E-state index contributed by atoms with van der Waals surface area (Å²) in [5.74, 6) is -2.36. The molecule has 1 fully saturated rings. The van der Waals surface area contributed by atoms with Gasteiger partial charge >= 0.3 is 0 Å². The Morgan fingerprint density at radius 2 is 2.07 bits per heavy atom. The molecule has 0 spiro atoms. The topological polar surface area (TPSA) is 9.23 Å². The first-order valence-corrected chi connectivity index (χ1v) is 5.07. The van der Waals surface area contributed by atoms with Crippen LogP contribution in [-0.2, 0) is 0 Å². The van der Waals surface area contributed by atoms with Crippen molar-refractivity contribution < 1.29 is 13.5 Å². The van der Waals surface area contributed by atoms with Gasteiger partial charge in [-0.15, -0.1) is 0 Å². The van der Waals surface area contributed by atoms with Crippen LogP contribution in [0.4, 0.5) is 8.78 Å². The fraction of sp³-hybridized carbons (Fsp3) is 0.500. The maximum atomic E-state index is 12.6. The zero-order valence-electron chi connectivity index (χ0n) is 8.89. The van der Waals surface area contributed by atoms with Crippen molar-refractivity contribution in [3.8, 4) is 5.75 Å². The van der Waals surface area contributed by atoms with Crippen LogP contribution < -0.4 is 4.74 Å². The number of benzene rings is 1. The van der Waals surface area contributed by atoms with E-state index in [9.17, 15) is 8.78 Å². The minimum absolute atomic E-state index is 0.0299. The molecule has 0 saturated heterocycles. The molecule has 82 valence electrons. The summed E-state index contributed by atoms with van der Waals surface area (Å²) >= 11 is 0. The Morgan fingerprint density at radius 1 is 1.40 bits per heavy atom. The molecular formula is C12H14F2O. The van der Waals surface area contributed by atoms with Gasteiger partial charge in [-0.3, -0.25) is 0 Å². The fourth-order valence-electron chi connectivity index (χ4n) is 1.60. The van der Waals surface area contributed by atoms with Gasteiger partial charge in [0.25, 0.3) is 5.92 Å². The Morgan fingerprint density at radius 3 is 2.60 bits per heavy atom. The molecule has 2 rings (SSSR count). The molecule has 1 aliphatic rings. The van der Waals surface area contributed by atoms with Crippen LogP contribution in [-0.4, -0.2) is 12.5 Å². The minimum atomic E-state index is -2.49. The molecule has 1 atom stereocenters. The molecule has 1 saturated carbocycles. The highest BCUT2D eigenvalue weighted by Crippen LogP contribution is 2.48. The van der Waals surface area contributed by atoms with Crippen LogP contribution in [0.5, 0.6) is 5.75 Å². The van der Waals surface area contributed by atoms with Crippen molar-refractivity contribution in [1.82, 2.24) is 0 Å². The Kier molecular flexibility index (Phi) is 2.41. The molecule has 0 heterocycles. The molecule has 15 heavy (non-hydrogen) atoms. The second-order valence-electron chi connectivity index (χ2n) is 4.24. The van der Waals surface area contributed by atoms with E-state index >= 15 is 0 Å². The zero-order chi connectivity index (χ0) is 11.1. The highest BCUT2D eigenvalue weighted by atomic mass is 19.3. The molecule has 0 amide bonds. The van der Waals surface area contributed by atoms with Gasteiger partial charge in [-0.05, 0) is 25.5 Å². The number of alkyl halides is 2. The van der Waals surface area contributed by atoms with E-state index in [1.54, 1.807) is 0 Å². The van der Waals surface area contributed by atoms with Gasteiger partial charge < -0.3 is 4.74 Å². The van der Waals surface area contributed by atoms with Gasteiger partial charge in [0.2, 0.25) is 0 Å². The number of ether oxygens (including phenoxy) is 1. The third-order valence-electron chi connectivity index (χ3n) is 2.73. The van der Waals surface area contributed by atoms with Crippen molar-refractivity contribution in [2.24, 2.45) is 5.92 Å². The third kappa shape index (κ3) is 2.28. The molecular weight excluding hydrogens is 198 g/mol. The van der Waals surface area contributed by atoms with Crippen molar-refractivity contribution in [2.75, 3.05) is 6.61 Å². The summed E-state index contributed by atoms with van der Waals surface area (Å²) in [7, 11) is 0. The summed E-state index contributed by atoms with van der Waals surface area (Å²) in [4.78, 5) is 0. The summed E-state index contributed by atoms with van der Waals surface area (Å²) in [6.45, 7) is 4.04. The second kappa shape index (κ2) is 3.47. The van der Waals surface area contributed by atoms with E-state index in [2.05, 4.69) is 0 Å². The maximum Gasteiger partial charge on any atom is 0.255 e. The van der Waals surface area contributed by atoms with Crippen LogP contribution in [0.2, 0.25) is 0 Å². The maximum absolute atomic E-state index is 12.6. The number of aryl methyl sites for hydroxylation is 2. The molecule has 1 nitrogen and oxygen atoms in total. The lowest BCUT2D eigenvalue weighted by atomic mass is 10.1. The van der Waals surface area contributed by atoms with Gasteiger partial charge in [-0.1, -0.05) is 17.7 Å². The summed E-state index contributed by atoms with van der Waals surface area (Å²) in [5.41, 5.74) is 2.15. The highest BCUT2D eigenvalue weighted by Gasteiger charge is 2.57. The molecule has 3 heteroatoms. The first kappa shape index (κ1) is 10.4. The summed E-state index contributed by atoms with van der Waals surface area (Å²) in [6.07, 6.45) is -0.0299. The van der Waals surface area contributed by atoms with Gasteiger partial charge in [0.15, 0.2) is 0 Å². The first-order chi connectivity index (χ1) is 6.99. The van der Waals surface area contributed by atoms with Crippen LogP contribution in [0.1, 0.15) is 17.5 Å². The molecule has 0 radical (unpaired) electrons. The zero-order valence-corrected chi connectivity index (χ0v) is 8.89. The third-order valence-corrected chi connectivity index (χ3v) is 2.73. The molecule has 0 aliphatic heterocycles. The number of hydrogen-bond acceptors (Lipinski definition) is 1. The Bertz CT molecular complexity index is 374. The van der Waals surface area contributed by atoms with Gasteiger partial charge in [0.1, 0.15) is 5.75 Å². The Labute approximate surface area is 88.1 Å². The standard InChI is InChI=1S/C12H14F2O/c1-8-3-4-11(9(2)5-8)15-7-10-6-12(10,13)14/h3-5,10H,6-7H2,1-2H3. The van der Waals surface area contributed by atoms with Crippen molar-refractivity contribution in [3.05, 3.63) is 29.3 Å². The Hall–Kier alpha value is -1.12. The van der Waals surface area contributed by atoms with Crippen molar-refractivity contribution in [3.63, 3.8) is 0 Å². The fourth-order valence-corrected chi connectivity index (χ4v) is 1.60. The smallest absolute Gasteiger partial charge is 0.255 e. The SMILES string of the molecule is Cc1ccc(OCC2CC2(F)F)c(C)c1. The number of rotatable bonds is 3. The van der Waals surface area contributed by atoms with E-state index in [1.807, 2.05) is 32.0 Å². The quantitative estimate of drug-likeness (QED) is 0.746. The van der Waals surface area contributed by atoms with Gasteiger partial charge in [0, 0.05) is 6.42 Å². The lowest BCUT2D eigenvalue weighted by Crippen LogP contribution is -2.06. The molecule has 0 aromatic heterocycles.